The second-order valence-corrected chi connectivity index (χ2v) is 10.2. The third-order valence-corrected chi connectivity index (χ3v) is 6.91. The monoisotopic (exact) mass is 513 g/mol. The molecule has 0 atom stereocenters. The lowest BCUT2D eigenvalue weighted by molar-refractivity contribution is -0.274. The molecule has 2 aromatic carbocycles. The van der Waals surface area contributed by atoms with Crippen LogP contribution in [0.5, 0.6) is 5.75 Å². The predicted molar refractivity (Wildman–Crippen MR) is 116 cm³/mol. The van der Waals surface area contributed by atoms with E-state index in [4.69, 9.17) is 9.88 Å². The highest BCUT2D eigenvalue weighted by Gasteiger charge is 2.50. The van der Waals surface area contributed by atoms with Gasteiger partial charge in [0, 0.05) is 37.2 Å². The lowest BCUT2D eigenvalue weighted by atomic mass is 9.79. The summed E-state index contributed by atoms with van der Waals surface area (Å²) >= 11 is 0. The van der Waals surface area contributed by atoms with Gasteiger partial charge >= 0.3 is 12.5 Å². The van der Waals surface area contributed by atoms with Gasteiger partial charge in [0.2, 0.25) is 10.0 Å². The molecule has 13 heteroatoms. The molecule has 2 heterocycles. The average molecular weight is 513 g/mol. The average Bonchev–Trinajstić information content (AvgIpc) is 3.21. The lowest BCUT2D eigenvalue weighted by Crippen LogP contribution is -2.59. The summed E-state index contributed by atoms with van der Waals surface area (Å²) in [5.41, 5.74) is 0.622. The second-order valence-electron chi connectivity index (χ2n) is 8.65. The van der Waals surface area contributed by atoms with Crippen molar-refractivity contribution in [3.05, 3.63) is 59.7 Å². The Morgan fingerprint density at radius 2 is 1.57 bits per heavy atom. The van der Waals surface area contributed by atoms with E-state index in [9.17, 15) is 31.2 Å². The molecular weight excluding hydrogens is 491 g/mol. The Balaban J connectivity index is 1.25. The Labute approximate surface area is 199 Å². The number of sulfonamides is 1. The third kappa shape index (κ3) is 5.85. The molecule has 1 spiro atoms. The maximum atomic E-state index is 12.8. The Hall–Kier alpha value is -3.32. The van der Waals surface area contributed by atoms with Gasteiger partial charge in [0.25, 0.3) is 5.91 Å². The van der Waals surface area contributed by atoms with Gasteiger partial charge in [0.1, 0.15) is 12.4 Å². The molecule has 35 heavy (non-hydrogen) atoms. The van der Waals surface area contributed by atoms with E-state index in [1.807, 2.05) is 0 Å². The summed E-state index contributed by atoms with van der Waals surface area (Å²) in [6.45, 7) is 1.68. The molecule has 0 aromatic heterocycles. The summed E-state index contributed by atoms with van der Waals surface area (Å²) in [5, 5.41) is 5.08. The minimum absolute atomic E-state index is 0.0781. The Bertz CT molecular complexity index is 1210. The Kier molecular flexibility index (Phi) is 6.40. The second kappa shape index (κ2) is 9.04. The number of likely N-dealkylation sites (tertiary alicyclic amines) is 2. The molecule has 2 amide bonds. The summed E-state index contributed by atoms with van der Waals surface area (Å²) < 4.78 is 68.4. The fourth-order valence-electron chi connectivity index (χ4n) is 4.25. The summed E-state index contributed by atoms with van der Waals surface area (Å²) in [6, 6.07) is 10.4. The molecule has 0 unspecified atom stereocenters. The minimum atomic E-state index is -4.78. The smallest absolute Gasteiger partial charge is 0.445 e. The number of halogens is 3. The van der Waals surface area contributed by atoms with Crippen LogP contribution in [0.15, 0.2) is 53.4 Å². The zero-order valence-corrected chi connectivity index (χ0v) is 19.1. The number of nitrogens with two attached hydrogens (primary N) is 1. The highest BCUT2D eigenvalue weighted by molar-refractivity contribution is 7.89. The van der Waals surface area contributed by atoms with Crippen molar-refractivity contribution < 1.29 is 40.7 Å². The van der Waals surface area contributed by atoms with Crippen molar-refractivity contribution in [2.45, 2.75) is 24.3 Å². The first-order valence-corrected chi connectivity index (χ1v) is 12.1. The van der Waals surface area contributed by atoms with Crippen LogP contribution in [0.25, 0.3) is 0 Å². The van der Waals surface area contributed by atoms with E-state index in [-0.39, 0.29) is 28.6 Å². The van der Waals surface area contributed by atoms with Crippen molar-refractivity contribution in [1.29, 1.82) is 0 Å². The van der Waals surface area contributed by atoms with Gasteiger partial charge in [0.05, 0.1) is 4.90 Å². The fraction of sp³-hybridized carbons (Fsp3) is 0.364. The fourth-order valence-corrected chi connectivity index (χ4v) is 4.77. The van der Waals surface area contributed by atoms with Crippen LogP contribution in [0.1, 0.15) is 22.3 Å². The zero-order chi connectivity index (χ0) is 25.4. The van der Waals surface area contributed by atoms with Gasteiger partial charge < -0.3 is 19.3 Å². The number of amides is 2. The van der Waals surface area contributed by atoms with E-state index in [2.05, 4.69) is 4.74 Å². The number of alkyl halides is 3. The molecule has 188 valence electrons. The van der Waals surface area contributed by atoms with Crippen LogP contribution < -0.4 is 9.88 Å². The molecule has 0 aliphatic carbocycles. The van der Waals surface area contributed by atoms with E-state index < -0.39 is 22.5 Å². The molecule has 0 bridgehead atoms. The first-order valence-electron chi connectivity index (χ1n) is 10.5. The summed E-state index contributed by atoms with van der Waals surface area (Å²) in [7, 11) is -3.84. The highest BCUT2D eigenvalue weighted by atomic mass is 32.2. The van der Waals surface area contributed by atoms with Gasteiger partial charge in [-0.05, 0) is 48.4 Å². The van der Waals surface area contributed by atoms with E-state index >= 15 is 0 Å². The van der Waals surface area contributed by atoms with Gasteiger partial charge in [0.15, 0.2) is 0 Å². The van der Waals surface area contributed by atoms with Gasteiger partial charge in [-0.15, -0.1) is 13.2 Å². The molecule has 2 aromatic rings. The quantitative estimate of drug-likeness (QED) is 0.657. The first-order chi connectivity index (χ1) is 16.3. The van der Waals surface area contributed by atoms with Crippen LogP contribution in [0.4, 0.5) is 18.0 Å². The van der Waals surface area contributed by atoms with Crippen LogP contribution in [0.3, 0.4) is 0 Å². The van der Waals surface area contributed by atoms with Crippen LogP contribution in [-0.4, -0.2) is 62.8 Å². The number of hydrogen-bond acceptors (Lipinski definition) is 6. The van der Waals surface area contributed by atoms with Crippen molar-refractivity contribution >= 4 is 22.0 Å². The van der Waals surface area contributed by atoms with Gasteiger partial charge in [-0.3, -0.25) is 4.79 Å². The molecule has 9 nitrogen and oxygen atoms in total. The number of primary sulfonamides is 1. The van der Waals surface area contributed by atoms with Crippen LogP contribution in [0.2, 0.25) is 0 Å². The van der Waals surface area contributed by atoms with E-state index in [1.165, 1.54) is 41.3 Å². The Morgan fingerprint density at radius 1 is 0.971 bits per heavy atom. The van der Waals surface area contributed by atoms with Crippen molar-refractivity contribution in [3.8, 4) is 5.75 Å². The normalized spacial score (nSPS) is 17.3. The van der Waals surface area contributed by atoms with E-state index in [1.54, 1.807) is 4.90 Å². The maximum absolute atomic E-state index is 12.8. The van der Waals surface area contributed by atoms with Crippen molar-refractivity contribution in [2.24, 2.45) is 10.6 Å². The summed E-state index contributed by atoms with van der Waals surface area (Å²) in [4.78, 5) is 28.2. The standard InChI is InChI=1S/C22H22F3N3O6S/c23-22(24,25)34-17-5-1-15(2-6-17)11-33-20(30)28-13-21(14-28)9-10-27(12-21)19(29)16-3-7-18(8-4-16)35(26,31)32/h1-8H,9-14H2,(H2,26,31,32). The number of hydrogen-bond donors (Lipinski definition) is 1. The van der Waals surface area contributed by atoms with E-state index in [0.29, 0.717) is 43.7 Å². The van der Waals surface area contributed by atoms with Crippen molar-refractivity contribution in [3.63, 3.8) is 0 Å². The molecule has 2 fully saturated rings. The predicted octanol–water partition coefficient (Wildman–Crippen LogP) is 2.72. The van der Waals surface area contributed by atoms with Crippen LogP contribution >= 0.6 is 0 Å². The van der Waals surface area contributed by atoms with E-state index in [0.717, 1.165) is 12.1 Å². The number of benzene rings is 2. The number of carbonyl (C=O) groups excluding carboxylic acids is 2. The lowest BCUT2D eigenvalue weighted by Gasteiger charge is -2.47. The van der Waals surface area contributed by atoms with Gasteiger partial charge in [-0.25, -0.2) is 18.4 Å². The van der Waals surface area contributed by atoms with Gasteiger partial charge in [-0.1, -0.05) is 12.1 Å². The topological polar surface area (TPSA) is 119 Å². The molecule has 4 rings (SSSR count). The largest absolute Gasteiger partial charge is 0.573 e. The van der Waals surface area contributed by atoms with Crippen LogP contribution in [-0.2, 0) is 21.4 Å². The summed E-state index contributed by atoms with van der Waals surface area (Å²) in [6.07, 6.45) is -4.62. The number of rotatable bonds is 5. The van der Waals surface area contributed by atoms with Crippen molar-refractivity contribution in [1.82, 2.24) is 9.80 Å². The molecule has 2 saturated heterocycles. The van der Waals surface area contributed by atoms with Crippen molar-refractivity contribution in [2.75, 3.05) is 26.2 Å². The third-order valence-electron chi connectivity index (χ3n) is 5.99. The molecular formula is C22H22F3N3O6S. The summed E-state index contributed by atoms with van der Waals surface area (Å²) in [5.74, 6) is -0.597. The molecule has 0 radical (unpaired) electrons. The molecule has 2 aliphatic rings. The maximum Gasteiger partial charge on any atom is 0.573 e. The minimum Gasteiger partial charge on any atom is -0.445 e. The number of nitrogens with zero attached hydrogens (tertiary/aromatic N) is 2. The number of ether oxygens (including phenoxy) is 2. The Morgan fingerprint density at radius 3 is 2.14 bits per heavy atom. The zero-order valence-electron chi connectivity index (χ0n) is 18.3. The molecule has 0 saturated carbocycles. The van der Waals surface area contributed by atoms with Crippen LogP contribution in [0, 0.1) is 5.41 Å². The molecule has 2 N–H and O–H groups in total. The number of carbonyl (C=O) groups is 2. The SMILES string of the molecule is NS(=O)(=O)c1ccc(C(=O)N2CCC3(CN(C(=O)OCc4ccc(OC(F)(F)F)cc4)C3)C2)cc1. The first kappa shape index (κ1) is 24.8. The molecule has 2 aliphatic heterocycles. The highest BCUT2D eigenvalue weighted by Crippen LogP contribution is 2.40. The van der Waals surface area contributed by atoms with Gasteiger partial charge in [-0.2, -0.15) is 0 Å².